The number of ether oxygens (including phenoxy) is 1. The Morgan fingerprint density at radius 1 is 1.53 bits per heavy atom. The summed E-state index contributed by atoms with van der Waals surface area (Å²) in [5.41, 5.74) is 0. The fourth-order valence-electron chi connectivity index (χ4n) is 1.98. The number of benzene rings is 1. The Labute approximate surface area is 120 Å². The first kappa shape index (κ1) is 14.9. The molecule has 1 saturated heterocycles. The zero-order chi connectivity index (χ0) is 14.0. The number of morpholine rings is 1. The zero-order valence-corrected chi connectivity index (χ0v) is 12.9. The van der Waals surface area contributed by atoms with Crippen molar-refractivity contribution >= 4 is 26.0 Å². The molecule has 4 nitrogen and oxygen atoms in total. The second-order valence-electron chi connectivity index (χ2n) is 4.34. The third kappa shape index (κ3) is 3.16. The van der Waals surface area contributed by atoms with Crippen molar-refractivity contribution in [2.24, 2.45) is 0 Å². The molecule has 2 rings (SSSR count). The molecule has 106 valence electrons. The first-order valence-corrected chi connectivity index (χ1v) is 8.25. The van der Waals surface area contributed by atoms with Crippen LogP contribution in [0, 0.1) is 5.82 Å². The average molecular weight is 352 g/mol. The number of sulfonamides is 1. The maximum Gasteiger partial charge on any atom is 0.244 e. The minimum atomic E-state index is -3.61. The number of rotatable bonds is 3. The summed E-state index contributed by atoms with van der Waals surface area (Å²) in [5, 5.41) is 0. The van der Waals surface area contributed by atoms with Crippen LogP contribution in [-0.4, -0.2) is 38.5 Å². The molecule has 7 heteroatoms. The van der Waals surface area contributed by atoms with Gasteiger partial charge in [0.1, 0.15) is 5.82 Å². The summed E-state index contributed by atoms with van der Waals surface area (Å²) in [6.45, 7) is 3.00. The van der Waals surface area contributed by atoms with E-state index in [1.54, 1.807) is 0 Å². The maximum absolute atomic E-state index is 13.0. The summed E-state index contributed by atoms with van der Waals surface area (Å²) in [7, 11) is -3.61. The largest absolute Gasteiger partial charge is 0.375 e. The van der Waals surface area contributed by atoms with Crippen molar-refractivity contribution < 1.29 is 17.5 Å². The Morgan fingerprint density at radius 3 is 2.89 bits per heavy atom. The first-order valence-electron chi connectivity index (χ1n) is 6.02. The Kier molecular flexibility index (Phi) is 4.60. The molecule has 0 aromatic heterocycles. The van der Waals surface area contributed by atoms with Gasteiger partial charge in [-0.2, -0.15) is 4.31 Å². The van der Waals surface area contributed by atoms with Crippen LogP contribution in [0.5, 0.6) is 0 Å². The van der Waals surface area contributed by atoms with Crippen LogP contribution in [0.1, 0.15) is 13.3 Å². The first-order chi connectivity index (χ1) is 8.95. The lowest BCUT2D eigenvalue weighted by Gasteiger charge is -2.31. The van der Waals surface area contributed by atoms with Gasteiger partial charge in [-0.3, -0.25) is 0 Å². The van der Waals surface area contributed by atoms with Crippen molar-refractivity contribution in [1.29, 1.82) is 0 Å². The molecule has 1 atom stereocenters. The summed E-state index contributed by atoms with van der Waals surface area (Å²) in [5.74, 6) is -0.473. The van der Waals surface area contributed by atoms with Gasteiger partial charge in [0, 0.05) is 17.6 Å². The SMILES string of the molecule is CCC1CN(S(=O)(=O)c2ccc(F)cc2Br)CCO1. The van der Waals surface area contributed by atoms with Gasteiger partial charge >= 0.3 is 0 Å². The van der Waals surface area contributed by atoms with Crippen molar-refractivity contribution in [3.8, 4) is 0 Å². The van der Waals surface area contributed by atoms with Crippen LogP contribution >= 0.6 is 15.9 Å². The monoisotopic (exact) mass is 351 g/mol. The molecule has 0 N–H and O–H groups in total. The quantitative estimate of drug-likeness (QED) is 0.839. The molecular weight excluding hydrogens is 337 g/mol. The molecule has 0 aliphatic carbocycles. The molecule has 1 aromatic rings. The number of hydrogen-bond acceptors (Lipinski definition) is 3. The predicted octanol–water partition coefficient (Wildman–Crippen LogP) is 2.39. The van der Waals surface area contributed by atoms with Crippen molar-refractivity contribution in [2.75, 3.05) is 19.7 Å². The predicted molar refractivity (Wildman–Crippen MR) is 72.9 cm³/mol. The van der Waals surface area contributed by atoms with Gasteiger partial charge in [-0.15, -0.1) is 0 Å². The van der Waals surface area contributed by atoms with Crippen LogP contribution in [0.2, 0.25) is 0 Å². The molecule has 0 bridgehead atoms. The van der Waals surface area contributed by atoms with E-state index in [2.05, 4.69) is 15.9 Å². The third-order valence-electron chi connectivity index (χ3n) is 3.07. The highest BCUT2D eigenvalue weighted by Crippen LogP contribution is 2.27. The lowest BCUT2D eigenvalue weighted by atomic mass is 10.2. The van der Waals surface area contributed by atoms with Gasteiger partial charge in [-0.1, -0.05) is 6.92 Å². The minimum absolute atomic E-state index is 0.0808. The highest BCUT2D eigenvalue weighted by molar-refractivity contribution is 9.10. The van der Waals surface area contributed by atoms with Crippen LogP contribution in [0.4, 0.5) is 4.39 Å². The van der Waals surface area contributed by atoms with Crippen molar-refractivity contribution in [2.45, 2.75) is 24.3 Å². The fraction of sp³-hybridized carbons (Fsp3) is 0.500. The number of nitrogens with zero attached hydrogens (tertiary/aromatic N) is 1. The van der Waals surface area contributed by atoms with Gasteiger partial charge in [-0.05, 0) is 40.5 Å². The van der Waals surface area contributed by atoms with Crippen LogP contribution in [0.25, 0.3) is 0 Å². The van der Waals surface area contributed by atoms with E-state index in [0.29, 0.717) is 19.7 Å². The molecule has 0 radical (unpaired) electrons. The molecule has 0 spiro atoms. The van der Waals surface area contributed by atoms with E-state index in [-0.39, 0.29) is 15.5 Å². The standard InChI is InChI=1S/C12H15BrFNO3S/c1-2-10-8-15(5-6-18-10)19(16,17)12-4-3-9(14)7-11(12)13/h3-4,7,10H,2,5-6,8H2,1H3. The summed E-state index contributed by atoms with van der Waals surface area (Å²) in [4.78, 5) is 0.0886. The summed E-state index contributed by atoms with van der Waals surface area (Å²) >= 11 is 3.10. The topological polar surface area (TPSA) is 46.6 Å². The molecule has 19 heavy (non-hydrogen) atoms. The van der Waals surface area contributed by atoms with Crippen LogP contribution in [-0.2, 0) is 14.8 Å². The molecule has 1 aromatic carbocycles. The Balaban J connectivity index is 2.31. The van der Waals surface area contributed by atoms with Crippen molar-refractivity contribution in [3.05, 3.63) is 28.5 Å². The average Bonchev–Trinajstić information content (AvgIpc) is 2.38. The molecule has 1 heterocycles. The third-order valence-corrected chi connectivity index (χ3v) is 5.91. The van der Waals surface area contributed by atoms with E-state index < -0.39 is 15.8 Å². The smallest absolute Gasteiger partial charge is 0.244 e. The van der Waals surface area contributed by atoms with Crippen LogP contribution < -0.4 is 0 Å². The molecule has 1 aliphatic rings. The second-order valence-corrected chi connectivity index (χ2v) is 7.10. The van der Waals surface area contributed by atoms with Crippen LogP contribution in [0.15, 0.2) is 27.6 Å². The fourth-order valence-corrected chi connectivity index (χ4v) is 4.45. The minimum Gasteiger partial charge on any atom is -0.375 e. The highest BCUT2D eigenvalue weighted by Gasteiger charge is 2.31. The van der Waals surface area contributed by atoms with E-state index in [4.69, 9.17) is 4.74 Å². The van der Waals surface area contributed by atoms with Gasteiger partial charge < -0.3 is 4.74 Å². The van der Waals surface area contributed by atoms with Crippen molar-refractivity contribution in [3.63, 3.8) is 0 Å². The van der Waals surface area contributed by atoms with E-state index in [9.17, 15) is 12.8 Å². The molecule has 1 fully saturated rings. The van der Waals surface area contributed by atoms with Gasteiger partial charge in [0.15, 0.2) is 0 Å². The lowest BCUT2D eigenvalue weighted by Crippen LogP contribution is -2.45. The van der Waals surface area contributed by atoms with E-state index in [0.717, 1.165) is 18.6 Å². The normalized spacial score (nSPS) is 21.5. The summed E-state index contributed by atoms with van der Waals surface area (Å²) in [6.07, 6.45) is 0.680. The van der Waals surface area contributed by atoms with Crippen molar-refractivity contribution in [1.82, 2.24) is 4.31 Å². The molecular formula is C12H15BrFNO3S. The van der Waals surface area contributed by atoms with Gasteiger partial charge in [0.2, 0.25) is 10.0 Å². The van der Waals surface area contributed by atoms with Gasteiger partial charge in [0.25, 0.3) is 0 Å². The zero-order valence-electron chi connectivity index (χ0n) is 10.5. The Bertz CT molecular complexity index is 564. The van der Waals surface area contributed by atoms with E-state index >= 15 is 0 Å². The van der Waals surface area contributed by atoms with Gasteiger partial charge in [-0.25, -0.2) is 12.8 Å². The summed E-state index contributed by atoms with van der Waals surface area (Å²) in [6, 6.07) is 3.59. The molecule has 1 unspecified atom stereocenters. The lowest BCUT2D eigenvalue weighted by molar-refractivity contribution is -0.00279. The van der Waals surface area contributed by atoms with Gasteiger partial charge in [0.05, 0.1) is 17.6 Å². The number of hydrogen-bond donors (Lipinski definition) is 0. The second kappa shape index (κ2) is 5.87. The Hall–Kier alpha value is -0.500. The molecule has 0 saturated carbocycles. The van der Waals surface area contributed by atoms with E-state index in [1.807, 2.05) is 6.92 Å². The van der Waals surface area contributed by atoms with E-state index in [1.165, 1.54) is 10.4 Å². The highest BCUT2D eigenvalue weighted by atomic mass is 79.9. The van der Waals surface area contributed by atoms with Crippen LogP contribution in [0.3, 0.4) is 0 Å². The molecule has 0 amide bonds. The number of halogens is 2. The maximum atomic E-state index is 13.0. The molecule has 1 aliphatic heterocycles. The summed E-state index contributed by atoms with van der Waals surface area (Å²) < 4.78 is 45.1. The Morgan fingerprint density at radius 2 is 2.26 bits per heavy atom.